The van der Waals surface area contributed by atoms with Crippen molar-refractivity contribution in [1.82, 2.24) is 9.88 Å². The number of hydrogen-bond acceptors (Lipinski definition) is 4. The highest BCUT2D eigenvalue weighted by Gasteiger charge is 2.34. The van der Waals surface area contributed by atoms with E-state index in [-0.39, 0.29) is 17.9 Å². The predicted molar refractivity (Wildman–Crippen MR) is 91.7 cm³/mol. The highest BCUT2D eigenvalue weighted by molar-refractivity contribution is 5.79. The lowest BCUT2D eigenvalue weighted by Crippen LogP contribution is -2.56. The van der Waals surface area contributed by atoms with Crippen molar-refractivity contribution in [2.45, 2.75) is 39.7 Å². The van der Waals surface area contributed by atoms with Crippen LogP contribution in [0, 0.1) is 13.8 Å². The van der Waals surface area contributed by atoms with E-state index in [4.69, 9.17) is 9.15 Å². The first-order chi connectivity index (χ1) is 11.4. The van der Waals surface area contributed by atoms with Gasteiger partial charge in [-0.1, -0.05) is 18.2 Å². The van der Waals surface area contributed by atoms with Gasteiger partial charge in [0.05, 0.1) is 30.9 Å². The molecule has 24 heavy (non-hydrogen) atoms. The van der Waals surface area contributed by atoms with Crippen molar-refractivity contribution in [2.24, 2.45) is 0 Å². The van der Waals surface area contributed by atoms with Crippen LogP contribution < -0.4 is 0 Å². The molecular formula is C19H24N2O3. The van der Waals surface area contributed by atoms with Gasteiger partial charge in [0, 0.05) is 12.1 Å². The molecule has 0 atom stereocenters. The molecule has 0 bridgehead atoms. The zero-order chi connectivity index (χ0) is 17.3. The third-order valence-corrected chi connectivity index (χ3v) is 4.53. The number of aryl methyl sites for hydroxylation is 2. The van der Waals surface area contributed by atoms with Gasteiger partial charge in [-0.3, -0.25) is 4.79 Å². The van der Waals surface area contributed by atoms with Gasteiger partial charge in [0.2, 0.25) is 11.8 Å². The number of hydrogen-bond donors (Lipinski definition) is 0. The van der Waals surface area contributed by atoms with Gasteiger partial charge in [0.15, 0.2) is 0 Å². The van der Waals surface area contributed by atoms with Gasteiger partial charge in [-0.2, -0.15) is 0 Å². The zero-order valence-corrected chi connectivity index (χ0v) is 14.8. The number of oxazole rings is 1. The Labute approximate surface area is 142 Å². The number of amides is 1. The normalized spacial score (nSPS) is 17.1. The molecule has 1 aliphatic rings. The van der Waals surface area contributed by atoms with E-state index in [0.717, 1.165) is 11.1 Å². The number of rotatable bonds is 3. The molecule has 1 aliphatic heterocycles. The average molecular weight is 328 g/mol. The zero-order valence-electron chi connectivity index (χ0n) is 14.8. The van der Waals surface area contributed by atoms with E-state index in [0.29, 0.717) is 37.1 Å². The van der Waals surface area contributed by atoms with E-state index in [1.807, 2.05) is 56.9 Å². The smallest absolute Gasteiger partial charge is 0.229 e. The molecule has 0 spiro atoms. The lowest BCUT2D eigenvalue weighted by Gasteiger charge is -2.42. The molecule has 5 heteroatoms. The summed E-state index contributed by atoms with van der Waals surface area (Å²) in [6.45, 7) is 9.70. The number of morpholine rings is 1. The molecule has 0 N–H and O–H groups in total. The average Bonchev–Trinajstić information content (AvgIpc) is 2.88. The van der Waals surface area contributed by atoms with E-state index in [1.54, 1.807) is 0 Å². The van der Waals surface area contributed by atoms with Crippen molar-refractivity contribution in [3.05, 3.63) is 41.3 Å². The van der Waals surface area contributed by atoms with Crippen molar-refractivity contribution in [1.29, 1.82) is 0 Å². The van der Waals surface area contributed by atoms with Crippen LogP contribution in [0.4, 0.5) is 0 Å². The van der Waals surface area contributed by atoms with Crippen molar-refractivity contribution in [3.8, 4) is 11.5 Å². The van der Waals surface area contributed by atoms with Crippen molar-refractivity contribution >= 4 is 5.91 Å². The van der Waals surface area contributed by atoms with Crippen molar-refractivity contribution in [2.75, 3.05) is 19.8 Å². The molecule has 0 unspecified atom stereocenters. The Balaban J connectivity index is 1.81. The molecule has 1 saturated heterocycles. The standard InChI is InChI=1S/C19H24N2O3/c1-13-7-5-6-8-15(13)18-20-16(14(2)24-18)11-17(22)21-9-10-23-12-19(21,3)4/h5-8H,9-12H2,1-4H3. The Hall–Kier alpha value is -2.14. The minimum atomic E-state index is -0.286. The minimum absolute atomic E-state index is 0.0658. The minimum Gasteiger partial charge on any atom is -0.441 e. The molecule has 2 heterocycles. The lowest BCUT2D eigenvalue weighted by atomic mass is 10.0. The number of ether oxygens (including phenoxy) is 1. The molecule has 1 amide bonds. The monoisotopic (exact) mass is 328 g/mol. The summed E-state index contributed by atoms with van der Waals surface area (Å²) in [7, 11) is 0. The number of carbonyl (C=O) groups excluding carboxylic acids is 1. The second kappa shape index (κ2) is 6.40. The van der Waals surface area contributed by atoms with E-state index in [2.05, 4.69) is 4.98 Å². The molecule has 0 aliphatic carbocycles. The number of aromatic nitrogens is 1. The summed E-state index contributed by atoms with van der Waals surface area (Å²) in [5.74, 6) is 1.35. The van der Waals surface area contributed by atoms with Gasteiger partial charge in [-0.15, -0.1) is 0 Å². The first-order valence-corrected chi connectivity index (χ1v) is 8.29. The van der Waals surface area contributed by atoms with Crippen LogP contribution in [-0.2, 0) is 16.0 Å². The second-order valence-corrected chi connectivity index (χ2v) is 6.92. The van der Waals surface area contributed by atoms with E-state index < -0.39 is 0 Å². The van der Waals surface area contributed by atoms with Gasteiger partial charge in [-0.25, -0.2) is 4.98 Å². The van der Waals surface area contributed by atoms with Crippen molar-refractivity contribution < 1.29 is 13.9 Å². The van der Waals surface area contributed by atoms with Crippen LogP contribution in [0.3, 0.4) is 0 Å². The summed E-state index contributed by atoms with van der Waals surface area (Å²) >= 11 is 0. The maximum Gasteiger partial charge on any atom is 0.229 e. The third-order valence-electron chi connectivity index (χ3n) is 4.53. The van der Waals surface area contributed by atoms with Crippen LogP contribution in [0.2, 0.25) is 0 Å². The molecule has 0 saturated carbocycles. The number of carbonyl (C=O) groups is 1. The van der Waals surface area contributed by atoms with Gasteiger partial charge < -0.3 is 14.1 Å². The summed E-state index contributed by atoms with van der Waals surface area (Å²) in [6, 6.07) is 7.95. The van der Waals surface area contributed by atoms with Crippen LogP contribution in [-0.4, -0.2) is 41.1 Å². The van der Waals surface area contributed by atoms with E-state index in [9.17, 15) is 4.79 Å². The first-order valence-electron chi connectivity index (χ1n) is 8.29. The van der Waals surface area contributed by atoms with Gasteiger partial charge in [0.1, 0.15) is 5.76 Å². The van der Waals surface area contributed by atoms with Crippen LogP contribution in [0.5, 0.6) is 0 Å². The van der Waals surface area contributed by atoms with Gasteiger partial charge in [0.25, 0.3) is 0 Å². The highest BCUT2D eigenvalue weighted by Crippen LogP contribution is 2.26. The molecule has 3 rings (SSSR count). The van der Waals surface area contributed by atoms with Crippen LogP contribution >= 0.6 is 0 Å². The summed E-state index contributed by atoms with van der Waals surface area (Å²) in [5, 5.41) is 0. The Morgan fingerprint density at radius 3 is 2.75 bits per heavy atom. The van der Waals surface area contributed by atoms with Crippen LogP contribution in [0.15, 0.2) is 28.7 Å². The maximum atomic E-state index is 12.7. The van der Waals surface area contributed by atoms with Gasteiger partial charge in [-0.05, 0) is 39.3 Å². The molecule has 1 aromatic carbocycles. The summed E-state index contributed by atoms with van der Waals surface area (Å²) in [5.41, 5.74) is 2.49. The molecular weight excluding hydrogens is 304 g/mol. The Bertz CT molecular complexity index is 749. The van der Waals surface area contributed by atoms with Crippen LogP contribution in [0.25, 0.3) is 11.5 Å². The Morgan fingerprint density at radius 1 is 1.29 bits per heavy atom. The summed E-state index contributed by atoms with van der Waals surface area (Å²) < 4.78 is 11.3. The Morgan fingerprint density at radius 2 is 2.04 bits per heavy atom. The molecule has 128 valence electrons. The second-order valence-electron chi connectivity index (χ2n) is 6.92. The Kier molecular flexibility index (Phi) is 4.45. The SMILES string of the molecule is Cc1ccccc1-c1nc(CC(=O)N2CCOCC2(C)C)c(C)o1. The number of benzene rings is 1. The van der Waals surface area contributed by atoms with Crippen LogP contribution in [0.1, 0.15) is 30.9 Å². The third kappa shape index (κ3) is 3.22. The fourth-order valence-corrected chi connectivity index (χ4v) is 3.08. The fraction of sp³-hybridized carbons (Fsp3) is 0.474. The summed E-state index contributed by atoms with van der Waals surface area (Å²) in [4.78, 5) is 19.2. The highest BCUT2D eigenvalue weighted by atomic mass is 16.5. The quantitative estimate of drug-likeness (QED) is 0.868. The topological polar surface area (TPSA) is 55.6 Å². The van der Waals surface area contributed by atoms with Gasteiger partial charge >= 0.3 is 0 Å². The molecule has 1 aromatic heterocycles. The molecule has 2 aromatic rings. The predicted octanol–water partition coefficient (Wildman–Crippen LogP) is 3.14. The van der Waals surface area contributed by atoms with E-state index in [1.165, 1.54) is 0 Å². The number of nitrogens with zero attached hydrogens (tertiary/aromatic N) is 2. The molecule has 0 radical (unpaired) electrons. The lowest BCUT2D eigenvalue weighted by molar-refractivity contribution is -0.145. The summed E-state index contributed by atoms with van der Waals surface area (Å²) in [6.07, 6.45) is 0.255. The molecule has 5 nitrogen and oxygen atoms in total. The van der Waals surface area contributed by atoms with Crippen molar-refractivity contribution in [3.63, 3.8) is 0 Å². The molecule has 1 fully saturated rings. The maximum absolute atomic E-state index is 12.7. The first kappa shape index (κ1) is 16.7. The largest absolute Gasteiger partial charge is 0.441 e. The van der Waals surface area contributed by atoms with E-state index >= 15 is 0 Å². The fourth-order valence-electron chi connectivity index (χ4n) is 3.08.